The van der Waals surface area contributed by atoms with E-state index in [1.807, 2.05) is 0 Å². The highest BCUT2D eigenvalue weighted by atomic mass is 35.5. The van der Waals surface area contributed by atoms with Gasteiger partial charge in [0, 0.05) is 12.1 Å². The van der Waals surface area contributed by atoms with Crippen LogP contribution < -0.4 is 14.8 Å². The second-order valence-electron chi connectivity index (χ2n) is 4.68. The molecule has 3 rings (SSSR count). The number of carbonyl (C=O) groups excluding carboxylic acids is 1. The van der Waals surface area contributed by atoms with E-state index in [-0.39, 0.29) is 21.3 Å². The van der Waals surface area contributed by atoms with Crippen LogP contribution in [0.3, 0.4) is 0 Å². The number of halogens is 4. The number of hydrogen-bond donors (Lipinski definition) is 1. The smallest absolute Gasteiger partial charge is 0.257 e. The molecule has 4 nitrogen and oxygen atoms in total. The van der Waals surface area contributed by atoms with Crippen LogP contribution in [-0.2, 0) is 0 Å². The number of anilines is 1. The van der Waals surface area contributed by atoms with Crippen molar-refractivity contribution in [2.75, 3.05) is 18.5 Å². The molecule has 0 atom stereocenters. The molecule has 0 radical (unpaired) electrons. The summed E-state index contributed by atoms with van der Waals surface area (Å²) in [5, 5.41) is 2.48. The van der Waals surface area contributed by atoms with Crippen LogP contribution in [0.4, 0.5) is 14.5 Å². The Bertz CT molecular complexity index is 799. The normalized spacial score (nSPS) is 12.9. The quantitative estimate of drug-likeness (QED) is 0.813. The first-order chi connectivity index (χ1) is 11.0. The van der Waals surface area contributed by atoms with Crippen molar-refractivity contribution >= 4 is 34.8 Å². The van der Waals surface area contributed by atoms with Crippen LogP contribution in [0.2, 0.25) is 10.0 Å². The van der Waals surface area contributed by atoms with Crippen molar-refractivity contribution in [1.82, 2.24) is 0 Å². The summed E-state index contributed by atoms with van der Waals surface area (Å²) < 4.78 is 37.1. The van der Waals surface area contributed by atoms with Crippen molar-refractivity contribution in [2.24, 2.45) is 0 Å². The Kier molecular flexibility index (Phi) is 4.28. The highest BCUT2D eigenvalue weighted by Crippen LogP contribution is 2.38. The molecule has 1 amide bonds. The van der Waals surface area contributed by atoms with Crippen LogP contribution in [0.1, 0.15) is 10.4 Å². The molecule has 0 aromatic heterocycles. The van der Waals surface area contributed by atoms with Crippen LogP contribution in [-0.4, -0.2) is 19.1 Å². The summed E-state index contributed by atoms with van der Waals surface area (Å²) in [5.41, 5.74) is 0.0261. The van der Waals surface area contributed by atoms with Gasteiger partial charge in [0.25, 0.3) is 5.91 Å². The van der Waals surface area contributed by atoms with E-state index >= 15 is 0 Å². The largest absolute Gasteiger partial charge is 0.486 e. The molecule has 1 aliphatic heterocycles. The lowest BCUT2D eigenvalue weighted by atomic mass is 10.2. The molecule has 0 aliphatic carbocycles. The van der Waals surface area contributed by atoms with Crippen LogP contribution in [0, 0.1) is 11.6 Å². The predicted octanol–water partition coefficient (Wildman–Crippen LogP) is 4.30. The van der Waals surface area contributed by atoms with E-state index < -0.39 is 17.5 Å². The van der Waals surface area contributed by atoms with E-state index in [0.717, 1.165) is 12.1 Å². The predicted molar refractivity (Wildman–Crippen MR) is 81.8 cm³/mol. The van der Waals surface area contributed by atoms with Crippen molar-refractivity contribution in [3.63, 3.8) is 0 Å². The highest BCUT2D eigenvalue weighted by Gasteiger charge is 2.19. The maximum atomic E-state index is 13.3. The number of carbonyl (C=O) groups is 1. The van der Waals surface area contributed by atoms with Gasteiger partial charge >= 0.3 is 0 Å². The standard InChI is InChI=1S/C15H9Cl2F2NO3/c16-8-4-11(19)10(18)3-7(8)15(21)20-12-6-14-13(5-9(12)17)22-1-2-23-14/h3-6H,1-2H2,(H,20,21). The Labute approximate surface area is 139 Å². The van der Waals surface area contributed by atoms with E-state index in [1.165, 1.54) is 12.1 Å². The van der Waals surface area contributed by atoms with Gasteiger partial charge in [-0.3, -0.25) is 4.79 Å². The molecule has 120 valence electrons. The molecule has 2 aromatic carbocycles. The van der Waals surface area contributed by atoms with Gasteiger partial charge in [-0.25, -0.2) is 8.78 Å². The fourth-order valence-corrected chi connectivity index (χ4v) is 2.48. The summed E-state index contributed by atoms with van der Waals surface area (Å²) in [6, 6.07) is 4.44. The van der Waals surface area contributed by atoms with Gasteiger partial charge in [-0.15, -0.1) is 0 Å². The molecular weight excluding hydrogens is 351 g/mol. The number of nitrogens with one attached hydrogen (secondary N) is 1. The molecule has 0 unspecified atom stereocenters. The third-order valence-corrected chi connectivity index (χ3v) is 3.76. The molecule has 1 N–H and O–H groups in total. The second-order valence-corrected chi connectivity index (χ2v) is 5.49. The minimum absolute atomic E-state index is 0.210. The van der Waals surface area contributed by atoms with Gasteiger partial charge in [0.15, 0.2) is 23.1 Å². The number of benzene rings is 2. The Balaban J connectivity index is 1.90. The Morgan fingerprint density at radius 1 is 0.957 bits per heavy atom. The van der Waals surface area contributed by atoms with Crippen molar-refractivity contribution in [1.29, 1.82) is 0 Å². The van der Waals surface area contributed by atoms with Crippen molar-refractivity contribution in [3.8, 4) is 11.5 Å². The topological polar surface area (TPSA) is 47.6 Å². The first kappa shape index (κ1) is 15.8. The summed E-state index contributed by atoms with van der Waals surface area (Å²) in [7, 11) is 0. The maximum absolute atomic E-state index is 13.3. The molecule has 8 heteroatoms. The first-order valence-electron chi connectivity index (χ1n) is 6.51. The van der Waals surface area contributed by atoms with E-state index in [0.29, 0.717) is 24.7 Å². The number of amides is 1. The number of rotatable bonds is 2. The lowest BCUT2D eigenvalue weighted by Crippen LogP contribution is -2.17. The third kappa shape index (κ3) is 3.18. The van der Waals surface area contributed by atoms with Crippen LogP contribution >= 0.6 is 23.2 Å². The Hall–Kier alpha value is -2.05. The molecule has 1 aliphatic rings. The van der Waals surface area contributed by atoms with E-state index in [4.69, 9.17) is 32.7 Å². The van der Waals surface area contributed by atoms with Crippen molar-refractivity contribution < 1.29 is 23.0 Å². The van der Waals surface area contributed by atoms with Crippen molar-refractivity contribution in [2.45, 2.75) is 0 Å². The summed E-state index contributed by atoms with van der Waals surface area (Å²) in [5.74, 6) is -2.15. The fourth-order valence-electron chi connectivity index (χ4n) is 2.05. The molecule has 0 saturated heterocycles. The van der Waals surface area contributed by atoms with Gasteiger partial charge in [-0.2, -0.15) is 0 Å². The maximum Gasteiger partial charge on any atom is 0.257 e. The minimum Gasteiger partial charge on any atom is -0.486 e. The number of fused-ring (bicyclic) bond motifs is 1. The monoisotopic (exact) mass is 359 g/mol. The van der Waals surface area contributed by atoms with Gasteiger partial charge in [0.2, 0.25) is 0 Å². The molecule has 0 spiro atoms. The van der Waals surface area contributed by atoms with Crippen LogP contribution in [0.15, 0.2) is 24.3 Å². The van der Waals surface area contributed by atoms with E-state index in [1.54, 1.807) is 0 Å². The second kappa shape index (κ2) is 6.22. The zero-order valence-corrected chi connectivity index (χ0v) is 13.0. The van der Waals surface area contributed by atoms with E-state index in [2.05, 4.69) is 5.32 Å². The van der Waals surface area contributed by atoms with Crippen LogP contribution in [0.25, 0.3) is 0 Å². The molecule has 0 bridgehead atoms. The van der Waals surface area contributed by atoms with Crippen LogP contribution in [0.5, 0.6) is 11.5 Å². The van der Waals surface area contributed by atoms with Gasteiger partial charge in [-0.1, -0.05) is 23.2 Å². The highest BCUT2D eigenvalue weighted by molar-refractivity contribution is 6.36. The van der Waals surface area contributed by atoms with Gasteiger partial charge in [-0.05, 0) is 12.1 Å². The summed E-state index contributed by atoms with van der Waals surface area (Å²) in [6.45, 7) is 0.774. The van der Waals surface area contributed by atoms with Gasteiger partial charge < -0.3 is 14.8 Å². The Morgan fingerprint density at radius 2 is 1.57 bits per heavy atom. The van der Waals surface area contributed by atoms with Gasteiger partial charge in [0.1, 0.15) is 13.2 Å². The molecule has 2 aromatic rings. The van der Waals surface area contributed by atoms with Gasteiger partial charge in [0.05, 0.1) is 21.3 Å². The molecule has 1 heterocycles. The third-order valence-electron chi connectivity index (χ3n) is 3.13. The molecule has 0 saturated carbocycles. The number of hydrogen-bond acceptors (Lipinski definition) is 3. The minimum atomic E-state index is -1.17. The Morgan fingerprint density at radius 3 is 2.26 bits per heavy atom. The lowest BCUT2D eigenvalue weighted by Gasteiger charge is -2.20. The SMILES string of the molecule is O=C(Nc1cc2c(cc1Cl)OCCO2)c1cc(F)c(F)cc1Cl. The lowest BCUT2D eigenvalue weighted by molar-refractivity contribution is 0.102. The zero-order chi connectivity index (χ0) is 16.6. The van der Waals surface area contributed by atoms with E-state index in [9.17, 15) is 13.6 Å². The van der Waals surface area contributed by atoms with Crippen molar-refractivity contribution in [3.05, 3.63) is 51.5 Å². The molecule has 0 fully saturated rings. The average Bonchev–Trinajstić information content (AvgIpc) is 2.51. The molecule has 23 heavy (non-hydrogen) atoms. The summed E-state index contributed by atoms with van der Waals surface area (Å²) in [4.78, 5) is 12.2. The average molecular weight is 360 g/mol. The summed E-state index contributed by atoms with van der Waals surface area (Å²) >= 11 is 11.8. The first-order valence-corrected chi connectivity index (χ1v) is 7.26. The number of ether oxygens (including phenoxy) is 2. The zero-order valence-electron chi connectivity index (χ0n) is 11.5. The summed E-state index contributed by atoms with van der Waals surface area (Å²) in [6.07, 6.45) is 0. The fraction of sp³-hybridized carbons (Fsp3) is 0.133. The molecular formula is C15H9Cl2F2NO3.